The molecular formula is C18H27N3O2. The van der Waals surface area contributed by atoms with Gasteiger partial charge in [0, 0.05) is 24.2 Å². The minimum absolute atomic E-state index is 0.0172. The second-order valence-electron chi connectivity index (χ2n) is 6.84. The van der Waals surface area contributed by atoms with Gasteiger partial charge in [0.1, 0.15) is 0 Å². The van der Waals surface area contributed by atoms with Crippen LogP contribution < -0.4 is 16.0 Å². The van der Waals surface area contributed by atoms with Crippen molar-refractivity contribution in [1.29, 1.82) is 0 Å². The number of nitrogens with two attached hydrogens (primary N) is 1. The van der Waals surface area contributed by atoms with E-state index in [2.05, 4.69) is 10.2 Å². The molecule has 1 saturated heterocycles. The lowest BCUT2D eigenvalue weighted by molar-refractivity contribution is -0.124. The Bertz CT molecular complexity index is 590. The zero-order valence-corrected chi connectivity index (χ0v) is 14.3. The lowest BCUT2D eigenvalue weighted by Crippen LogP contribution is -2.32. The average molecular weight is 317 g/mol. The van der Waals surface area contributed by atoms with Gasteiger partial charge in [-0.3, -0.25) is 9.59 Å². The van der Waals surface area contributed by atoms with Crippen LogP contribution in [0.15, 0.2) is 18.2 Å². The van der Waals surface area contributed by atoms with Crippen molar-refractivity contribution >= 4 is 23.2 Å². The fraction of sp³-hybridized carbons (Fsp3) is 0.556. The van der Waals surface area contributed by atoms with Crippen LogP contribution in [0.2, 0.25) is 0 Å². The minimum atomic E-state index is -0.433. The van der Waals surface area contributed by atoms with E-state index in [-0.39, 0.29) is 5.91 Å². The molecule has 1 aliphatic rings. The lowest BCUT2D eigenvalue weighted by atomic mass is 9.89. The number of anilines is 2. The quantitative estimate of drug-likeness (QED) is 0.876. The molecule has 0 saturated carbocycles. The van der Waals surface area contributed by atoms with Gasteiger partial charge in [-0.1, -0.05) is 20.8 Å². The summed E-state index contributed by atoms with van der Waals surface area (Å²) in [7, 11) is 0. The van der Waals surface area contributed by atoms with Crippen LogP contribution in [0.4, 0.5) is 11.4 Å². The van der Waals surface area contributed by atoms with Gasteiger partial charge in [0.05, 0.1) is 11.3 Å². The number of nitrogens with zero attached hydrogens (tertiary/aromatic N) is 1. The minimum Gasteiger partial charge on any atom is -0.371 e. The number of piperidine rings is 1. The van der Waals surface area contributed by atoms with Gasteiger partial charge in [-0.15, -0.1) is 0 Å². The van der Waals surface area contributed by atoms with Crippen molar-refractivity contribution < 1.29 is 9.59 Å². The van der Waals surface area contributed by atoms with Gasteiger partial charge in [0.2, 0.25) is 5.91 Å². The molecule has 2 amide bonds. The highest BCUT2D eigenvalue weighted by Gasteiger charge is 2.26. The summed E-state index contributed by atoms with van der Waals surface area (Å²) in [6.45, 7) is 7.67. The summed E-state index contributed by atoms with van der Waals surface area (Å²) in [6, 6.07) is 5.33. The molecule has 1 fully saturated rings. The molecule has 0 bridgehead atoms. The molecular weight excluding hydrogens is 290 g/mol. The zero-order valence-electron chi connectivity index (χ0n) is 14.3. The maximum Gasteiger partial charge on any atom is 0.250 e. The van der Waals surface area contributed by atoms with Crippen LogP contribution in [0.3, 0.4) is 0 Å². The van der Waals surface area contributed by atoms with Crippen LogP contribution in [0.25, 0.3) is 0 Å². The maximum atomic E-state index is 12.4. The van der Waals surface area contributed by atoms with E-state index in [1.54, 1.807) is 12.1 Å². The normalized spacial score (nSPS) is 15.3. The first-order valence-corrected chi connectivity index (χ1v) is 8.35. The molecule has 0 radical (unpaired) electrons. The molecule has 0 unspecified atom stereocenters. The van der Waals surface area contributed by atoms with Crippen LogP contribution in [0.5, 0.6) is 0 Å². The van der Waals surface area contributed by atoms with Gasteiger partial charge in [0.15, 0.2) is 0 Å². The molecule has 3 N–H and O–H groups in total. The molecule has 5 heteroatoms. The second-order valence-corrected chi connectivity index (χ2v) is 6.84. The van der Waals surface area contributed by atoms with Crippen molar-refractivity contribution in [1.82, 2.24) is 0 Å². The third-order valence-corrected chi connectivity index (χ3v) is 4.72. The predicted octanol–water partition coefficient (Wildman–Crippen LogP) is 3.15. The van der Waals surface area contributed by atoms with E-state index < -0.39 is 11.3 Å². The summed E-state index contributed by atoms with van der Waals surface area (Å²) in [6.07, 6.45) is 4.19. The van der Waals surface area contributed by atoms with Gasteiger partial charge in [-0.05, 0) is 43.9 Å². The molecule has 0 aromatic heterocycles. The Labute approximate surface area is 138 Å². The molecule has 126 valence electrons. The van der Waals surface area contributed by atoms with Crippen molar-refractivity contribution in [3.8, 4) is 0 Å². The van der Waals surface area contributed by atoms with Crippen LogP contribution in [0.1, 0.15) is 56.8 Å². The summed E-state index contributed by atoms with van der Waals surface area (Å²) < 4.78 is 0. The number of primary amides is 1. The van der Waals surface area contributed by atoms with E-state index in [1.807, 2.05) is 26.8 Å². The Balaban J connectivity index is 2.29. The Morgan fingerprint density at radius 2 is 1.87 bits per heavy atom. The summed E-state index contributed by atoms with van der Waals surface area (Å²) >= 11 is 0. The first kappa shape index (κ1) is 17.3. The highest BCUT2D eigenvalue weighted by molar-refractivity contribution is 6.01. The molecule has 1 aromatic rings. The third-order valence-electron chi connectivity index (χ3n) is 4.72. The summed E-state index contributed by atoms with van der Waals surface area (Å²) in [5.74, 6) is -0.450. The number of hydrogen-bond acceptors (Lipinski definition) is 3. The van der Waals surface area contributed by atoms with Gasteiger partial charge < -0.3 is 16.0 Å². The van der Waals surface area contributed by atoms with E-state index in [0.717, 1.165) is 38.0 Å². The van der Waals surface area contributed by atoms with Crippen molar-refractivity contribution in [3.63, 3.8) is 0 Å². The fourth-order valence-corrected chi connectivity index (χ4v) is 2.68. The summed E-state index contributed by atoms with van der Waals surface area (Å²) in [5.41, 5.74) is 7.13. The van der Waals surface area contributed by atoms with Gasteiger partial charge in [-0.25, -0.2) is 0 Å². The van der Waals surface area contributed by atoms with Gasteiger partial charge >= 0.3 is 0 Å². The Morgan fingerprint density at radius 1 is 1.22 bits per heavy atom. The second kappa shape index (κ2) is 7.02. The van der Waals surface area contributed by atoms with Gasteiger partial charge in [-0.2, -0.15) is 0 Å². The number of benzene rings is 1. The molecule has 0 spiro atoms. The van der Waals surface area contributed by atoms with Crippen LogP contribution in [-0.4, -0.2) is 24.9 Å². The number of amides is 2. The molecule has 1 heterocycles. The largest absolute Gasteiger partial charge is 0.371 e. The van der Waals surface area contributed by atoms with Crippen molar-refractivity contribution in [3.05, 3.63) is 23.8 Å². The first-order valence-electron chi connectivity index (χ1n) is 8.35. The van der Waals surface area contributed by atoms with E-state index in [0.29, 0.717) is 11.3 Å². The van der Waals surface area contributed by atoms with E-state index >= 15 is 0 Å². The molecule has 0 aliphatic carbocycles. The number of rotatable bonds is 5. The highest BCUT2D eigenvalue weighted by atomic mass is 16.2. The molecule has 1 aromatic carbocycles. The average Bonchev–Trinajstić information content (AvgIpc) is 2.55. The van der Waals surface area contributed by atoms with E-state index in [4.69, 9.17) is 5.73 Å². The maximum absolute atomic E-state index is 12.4. The van der Waals surface area contributed by atoms with Crippen molar-refractivity contribution in [2.24, 2.45) is 11.1 Å². The SMILES string of the molecule is CCC(C)(C)C(=O)Nc1ccc(C(N)=O)c(N2CCCCC2)c1. The summed E-state index contributed by atoms with van der Waals surface area (Å²) in [4.78, 5) is 26.3. The number of nitrogens with one attached hydrogen (secondary N) is 1. The number of carbonyl (C=O) groups is 2. The van der Waals surface area contributed by atoms with E-state index in [1.165, 1.54) is 6.42 Å². The first-order chi connectivity index (χ1) is 10.8. The van der Waals surface area contributed by atoms with Crippen molar-refractivity contribution in [2.75, 3.05) is 23.3 Å². The monoisotopic (exact) mass is 317 g/mol. The molecule has 23 heavy (non-hydrogen) atoms. The Morgan fingerprint density at radius 3 is 2.43 bits per heavy atom. The standard InChI is InChI=1S/C18H27N3O2/c1-4-18(2,3)17(23)20-13-8-9-14(16(19)22)15(12-13)21-10-6-5-7-11-21/h8-9,12H,4-7,10-11H2,1-3H3,(H2,19,22)(H,20,23). The molecule has 1 aliphatic heterocycles. The topological polar surface area (TPSA) is 75.4 Å². The molecule has 2 rings (SSSR count). The summed E-state index contributed by atoms with van der Waals surface area (Å²) in [5, 5.41) is 2.96. The Kier molecular flexibility index (Phi) is 5.29. The highest BCUT2D eigenvalue weighted by Crippen LogP contribution is 2.29. The third kappa shape index (κ3) is 4.03. The Hall–Kier alpha value is -2.04. The lowest BCUT2D eigenvalue weighted by Gasteiger charge is -2.30. The van der Waals surface area contributed by atoms with Gasteiger partial charge in [0.25, 0.3) is 5.91 Å². The van der Waals surface area contributed by atoms with Crippen LogP contribution in [-0.2, 0) is 4.79 Å². The molecule has 0 atom stereocenters. The van der Waals surface area contributed by atoms with Crippen LogP contribution >= 0.6 is 0 Å². The molecule has 5 nitrogen and oxygen atoms in total. The smallest absolute Gasteiger partial charge is 0.250 e. The number of hydrogen-bond donors (Lipinski definition) is 2. The fourth-order valence-electron chi connectivity index (χ4n) is 2.68. The van der Waals surface area contributed by atoms with Crippen LogP contribution in [0, 0.1) is 5.41 Å². The zero-order chi connectivity index (χ0) is 17.0. The van der Waals surface area contributed by atoms with E-state index in [9.17, 15) is 9.59 Å². The van der Waals surface area contributed by atoms with Crippen molar-refractivity contribution in [2.45, 2.75) is 46.5 Å². The number of carbonyl (C=O) groups excluding carboxylic acids is 2. The predicted molar refractivity (Wildman–Crippen MR) is 93.7 cm³/mol.